The molecule has 0 spiro atoms. The van der Waals surface area contributed by atoms with Crippen LogP contribution >= 0.6 is 15.9 Å². The van der Waals surface area contributed by atoms with E-state index in [0.717, 1.165) is 43.6 Å². The number of halogens is 1. The number of piperazine rings is 1. The molecule has 1 saturated heterocycles. The van der Waals surface area contributed by atoms with Gasteiger partial charge in [0, 0.05) is 37.2 Å². The zero-order valence-electron chi connectivity index (χ0n) is 10.8. The van der Waals surface area contributed by atoms with Gasteiger partial charge in [-0.15, -0.1) is 0 Å². The van der Waals surface area contributed by atoms with Crippen molar-refractivity contribution in [3.05, 3.63) is 33.8 Å². The number of nitrogens with zero attached hydrogens (tertiary/aromatic N) is 1. The van der Waals surface area contributed by atoms with Gasteiger partial charge in [0.1, 0.15) is 0 Å². The molecular weight excluding hydrogens is 292 g/mol. The van der Waals surface area contributed by atoms with Crippen molar-refractivity contribution >= 4 is 15.9 Å². The van der Waals surface area contributed by atoms with Gasteiger partial charge in [0.2, 0.25) is 0 Å². The van der Waals surface area contributed by atoms with Gasteiger partial charge in [-0.3, -0.25) is 4.90 Å². The number of benzene rings is 1. The fourth-order valence-electron chi connectivity index (χ4n) is 2.36. The van der Waals surface area contributed by atoms with Crippen molar-refractivity contribution in [1.82, 2.24) is 10.2 Å². The average molecular weight is 313 g/mol. The number of rotatable bonds is 4. The fraction of sp³-hybridized carbons (Fsp3) is 0.571. The third-order valence-electron chi connectivity index (χ3n) is 3.37. The van der Waals surface area contributed by atoms with Crippen LogP contribution in [0.1, 0.15) is 11.1 Å². The highest BCUT2D eigenvalue weighted by atomic mass is 79.9. The highest BCUT2D eigenvalue weighted by Gasteiger charge is 2.14. The van der Waals surface area contributed by atoms with Gasteiger partial charge in [-0.2, -0.15) is 0 Å². The first-order chi connectivity index (χ1) is 8.65. The molecule has 18 heavy (non-hydrogen) atoms. The number of nitrogens with one attached hydrogen (secondary N) is 1. The van der Waals surface area contributed by atoms with Crippen LogP contribution in [0.4, 0.5) is 0 Å². The molecule has 1 aliphatic rings. The molecule has 1 aromatic carbocycles. The minimum absolute atomic E-state index is 0.274. The number of β-amino-alcohol motifs (C(OH)–C–C–N with tert-alkyl or cyclic N) is 1. The van der Waals surface area contributed by atoms with Crippen molar-refractivity contribution in [3.63, 3.8) is 0 Å². The Morgan fingerprint density at radius 2 is 2.11 bits per heavy atom. The van der Waals surface area contributed by atoms with E-state index in [9.17, 15) is 5.11 Å². The van der Waals surface area contributed by atoms with Crippen LogP contribution in [0.25, 0.3) is 0 Å². The van der Waals surface area contributed by atoms with E-state index in [-0.39, 0.29) is 6.10 Å². The first-order valence-electron chi connectivity index (χ1n) is 6.51. The van der Waals surface area contributed by atoms with Crippen LogP contribution in [0, 0.1) is 6.92 Å². The van der Waals surface area contributed by atoms with Crippen LogP contribution in [0.3, 0.4) is 0 Å². The van der Waals surface area contributed by atoms with E-state index in [2.05, 4.69) is 51.3 Å². The van der Waals surface area contributed by atoms with Crippen molar-refractivity contribution in [1.29, 1.82) is 0 Å². The van der Waals surface area contributed by atoms with E-state index in [1.54, 1.807) is 0 Å². The molecule has 1 unspecified atom stereocenters. The third kappa shape index (κ3) is 4.05. The molecule has 4 heteroatoms. The number of aliphatic hydroxyl groups is 1. The van der Waals surface area contributed by atoms with Gasteiger partial charge in [-0.05, 0) is 30.5 Å². The summed E-state index contributed by atoms with van der Waals surface area (Å²) in [6.07, 6.45) is 0.460. The Bertz CT molecular complexity index is 391. The molecule has 1 heterocycles. The maximum Gasteiger partial charge on any atom is 0.0707 e. The number of aliphatic hydroxyl groups excluding tert-OH is 1. The monoisotopic (exact) mass is 312 g/mol. The predicted octanol–water partition coefficient (Wildman–Crippen LogP) is 1.57. The minimum Gasteiger partial charge on any atom is -0.391 e. The normalized spacial score (nSPS) is 18.8. The van der Waals surface area contributed by atoms with E-state index in [1.807, 2.05) is 0 Å². The van der Waals surface area contributed by atoms with Gasteiger partial charge >= 0.3 is 0 Å². The maximum absolute atomic E-state index is 10.1. The lowest BCUT2D eigenvalue weighted by molar-refractivity contribution is 0.105. The molecule has 1 atom stereocenters. The molecule has 3 nitrogen and oxygen atoms in total. The third-order valence-corrected chi connectivity index (χ3v) is 4.26. The van der Waals surface area contributed by atoms with E-state index >= 15 is 0 Å². The summed E-state index contributed by atoms with van der Waals surface area (Å²) in [5.41, 5.74) is 2.43. The maximum atomic E-state index is 10.1. The summed E-state index contributed by atoms with van der Waals surface area (Å²) >= 11 is 3.50. The Labute approximate surface area is 117 Å². The highest BCUT2D eigenvalue weighted by molar-refractivity contribution is 9.10. The molecule has 0 amide bonds. The van der Waals surface area contributed by atoms with E-state index in [1.165, 1.54) is 11.1 Å². The lowest BCUT2D eigenvalue weighted by atomic mass is 10.1. The Morgan fingerprint density at radius 3 is 2.78 bits per heavy atom. The average Bonchev–Trinajstić information content (AvgIpc) is 2.35. The van der Waals surface area contributed by atoms with Gasteiger partial charge in [0.15, 0.2) is 0 Å². The van der Waals surface area contributed by atoms with Crippen LogP contribution in [0.2, 0.25) is 0 Å². The summed E-state index contributed by atoms with van der Waals surface area (Å²) < 4.78 is 1.13. The minimum atomic E-state index is -0.274. The summed E-state index contributed by atoms with van der Waals surface area (Å²) in [4.78, 5) is 2.33. The lowest BCUT2D eigenvalue weighted by Crippen LogP contribution is -2.46. The quantitative estimate of drug-likeness (QED) is 0.886. The second kappa shape index (κ2) is 6.66. The molecule has 0 saturated carbocycles. The van der Waals surface area contributed by atoms with Crippen LogP contribution < -0.4 is 5.32 Å². The van der Waals surface area contributed by atoms with Gasteiger partial charge in [-0.25, -0.2) is 0 Å². The van der Waals surface area contributed by atoms with Crippen molar-refractivity contribution in [2.75, 3.05) is 32.7 Å². The van der Waals surface area contributed by atoms with Crippen LogP contribution in [-0.4, -0.2) is 48.8 Å². The first kappa shape index (κ1) is 14.0. The van der Waals surface area contributed by atoms with Crippen molar-refractivity contribution in [2.24, 2.45) is 0 Å². The Morgan fingerprint density at radius 1 is 1.39 bits per heavy atom. The number of hydrogen-bond acceptors (Lipinski definition) is 3. The Balaban J connectivity index is 1.85. The Hall–Kier alpha value is -0.420. The van der Waals surface area contributed by atoms with Gasteiger partial charge in [-0.1, -0.05) is 28.1 Å². The Kier molecular flexibility index (Phi) is 5.18. The molecule has 0 aliphatic carbocycles. The van der Waals surface area contributed by atoms with Gasteiger partial charge < -0.3 is 10.4 Å². The zero-order valence-corrected chi connectivity index (χ0v) is 12.4. The molecular formula is C14H21BrN2O. The molecule has 0 radical (unpaired) electrons. The van der Waals surface area contributed by atoms with Crippen molar-refractivity contribution < 1.29 is 5.11 Å². The van der Waals surface area contributed by atoms with E-state index in [4.69, 9.17) is 0 Å². The summed E-state index contributed by atoms with van der Waals surface area (Å²) in [6, 6.07) is 6.28. The number of aryl methyl sites for hydroxylation is 1. The van der Waals surface area contributed by atoms with Crippen LogP contribution in [-0.2, 0) is 6.42 Å². The molecule has 1 aliphatic heterocycles. The molecule has 0 aromatic heterocycles. The highest BCUT2D eigenvalue weighted by Crippen LogP contribution is 2.18. The SMILES string of the molecule is Cc1cc(CC(O)CN2CCNCC2)ccc1Br. The lowest BCUT2D eigenvalue weighted by Gasteiger charge is -2.29. The van der Waals surface area contributed by atoms with E-state index < -0.39 is 0 Å². The van der Waals surface area contributed by atoms with Crippen LogP contribution in [0.15, 0.2) is 22.7 Å². The number of hydrogen-bond donors (Lipinski definition) is 2. The smallest absolute Gasteiger partial charge is 0.0707 e. The standard InChI is InChI=1S/C14H21BrN2O/c1-11-8-12(2-3-14(11)15)9-13(18)10-17-6-4-16-5-7-17/h2-3,8,13,16,18H,4-7,9-10H2,1H3. The molecule has 100 valence electrons. The van der Waals surface area contributed by atoms with Crippen LogP contribution in [0.5, 0.6) is 0 Å². The molecule has 2 N–H and O–H groups in total. The summed E-state index contributed by atoms with van der Waals surface area (Å²) in [6.45, 7) is 6.99. The fourth-order valence-corrected chi connectivity index (χ4v) is 2.61. The molecule has 0 bridgehead atoms. The van der Waals surface area contributed by atoms with Gasteiger partial charge in [0.05, 0.1) is 6.10 Å². The first-order valence-corrected chi connectivity index (χ1v) is 7.30. The zero-order chi connectivity index (χ0) is 13.0. The predicted molar refractivity (Wildman–Crippen MR) is 77.9 cm³/mol. The summed E-state index contributed by atoms with van der Waals surface area (Å²) in [7, 11) is 0. The van der Waals surface area contributed by atoms with Gasteiger partial charge in [0.25, 0.3) is 0 Å². The molecule has 1 aromatic rings. The van der Waals surface area contributed by atoms with Crippen molar-refractivity contribution in [2.45, 2.75) is 19.4 Å². The topological polar surface area (TPSA) is 35.5 Å². The molecule has 1 fully saturated rings. The summed E-state index contributed by atoms with van der Waals surface area (Å²) in [5.74, 6) is 0. The molecule has 2 rings (SSSR count). The van der Waals surface area contributed by atoms with Crippen molar-refractivity contribution in [3.8, 4) is 0 Å². The van der Waals surface area contributed by atoms with E-state index in [0.29, 0.717) is 0 Å². The summed E-state index contributed by atoms with van der Waals surface area (Å²) in [5, 5.41) is 13.5. The largest absolute Gasteiger partial charge is 0.391 e. The second-order valence-corrected chi connectivity index (χ2v) is 5.85. The second-order valence-electron chi connectivity index (χ2n) is 4.99.